The number of rotatable bonds is 6. The molecule has 2 N–H and O–H groups in total. The van der Waals surface area contributed by atoms with Crippen molar-refractivity contribution in [2.24, 2.45) is 0 Å². The van der Waals surface area contributed by atoms with E-state index in [1.807, 2.05) is 30.3 Å². The molecule has 1 aromatic heterocycles. The average molecular weight is 387 g/mol. The third-order valence-corrected chi connectivity index (χ3v) is 5.69. The molecule has 1 amide bonds. The highest BCUT2D eigenvalue weighted by Crippen LogP contribution is 2.37. The Bertz CT molecular complexity index is 815. The van der Waals surface area contributed by atoms with Gasteiger partial charge in [0, 0.05) is 31.0 Å². The van der Waals surface area contributed by atoms with Gasteiger partial charge in [-0.1, -0.05) is 42.1 Å². The number of carbonyl (C=O) groups excluding carboxylic acids is 1. The maximum atomic E-state index is 12.1. The van der Waals surface area contributed by atoms with Gasteiger partial charge in [0.25, 0.3) is 0 Å². The molecule has 1 aliphatic heterocycles. The minimum Gasteiger partial charge on any atom is -0.362 e. The first kappa shape index (κ1) is 18.5. The van der Waals surface area contributed by atoms with Crippen molar-refractivity contribution >= 4 is 34.1 Å². The molecule has 2 atom stereocenters. The van der Waals surface area contributed by atoms with Crippen molar-refractivity contribution in [2.75, 3.05) is 18.2 Å². The SMILES string of the molecule is COC1CC(c2ccccc2)C(C#N)=C(SCC(=O)Nc2nccs2)N1. The highest BCUT2D eigenvalue weighted by atomic mass is 32.2. The lowest BCUT2D eigenvalue weighted by Gasteiger charge is -2.31. The first-order chi connectivity index (χ1) is 12.7. The van der Waals surface area contributed by atoms with Gasteiger partial charge in [-0.05, 0) is 5.56 Å². The summed E-state index contributed by atoms with van der Waals surface area (Å²) in [7, 11) is 1.63. The van der Waals surface area contributed by atoms with Crippen LogP contribution in [0.2, 0.25) is 0 Å². The van der Waals surface area contributed by atoms with Gasteiger partial charge in [0.1, 0.15) is 6.23 Å². The molecular formula is C18H18N4O2S2. The fraction of sp³-hybridized carbons (Fsp3) is 0.278. The van der Waals surface area contributed by atoms with E-state index in [-0.39, 0.29) is 23.8 Å². The van der Waals surface area contributed by atoms with Crippen molar-refractivity contribution in [3.63, 3.8) is 0 Å². The molecule has 0 bridgehead atoms. The predicted octanol–water partition coefficient (Wildman–Crippen LogP) is 3.30. The summed E-state index contributed by atoms with van der Waals surface area (Å²) in [4.78, 5) is 16.2. The van der Waals surface area contributed by atoms with Crippen molar-refractivity contribution in [3.05, 3.63) is 58.1 Å². The minimum absolute atomic E-state index is 0.0584. The summed E-state index contributed by atoms with van der Waals surface area (Å²) in [6.07, 6.45) is 2.10. The van der Waals surface area contributed by atoms with Crippen molar-refractivity contribution in [2.45, 2.75) is 18.6 Å². The van der Waals surface area contributed by atoms with Gasteiger partial charge in [0.05, 0.1) is 22.4 Å². The molecule has 2 heterocycles. The van der Waals surface area contributed by atoms with Crippen molar-refractivity contribution in [3.8, 4) is 6.07 Å². The summed E-state index contributed by atoms with van der Waals surface area (Å²) in [5, 5.41) is 18.7. The molecule has 26 heavy (non-hydrogen) atoms. The number of anilines is 1. The highest BCUT2D eigenvalue weighted by Gasteiger charge is 2.30. The molecule has 6 nitrogen and oxygen atoms in total. The standard InChI is InChI=1S/C18H18N4O2S2/c1-24-16-9-13(12-5-3-2-4-6-12)14(10-19)17(22-16)26-11-15(23)21-18-20-7-8-25-18/h2-8,13,16,22H,9,11H2,1H3,(H,20,21,23). The van der Waals surface area contributed by atoms with Gasteiger partial charge in [-0.25, -0.2) is 4.98 Å². The summed E-state index contributed by atoms with van der Waals surface area (Å²) in [6, 6.07) is 12.2. The average Bonchev–Trinajstić information content (AvgIpc) is 3.19. The van der Waals surface area contributed by atoms with Crippen molar-refractivity contribution < 1.29 is 9.53 Å². The van der Waals surface area contributed by atoms with Crippen LogP contribution in [-0.2, 0) is 9.53 Å². The van der Waals surface area contributed by atoms with Crippen LogP contribution in [0.3, 0.4) is 0 Å². The van der Waals surface area contributed by atoms with Gasteiger partial charge in [0.15, 0.2) is 5.13 Å². The maximum Gasteiger partial charge on any atom is 0.236 e. The number of thioether (sulfide) groups is 1. The van der Waals surface area contributed by atoms with E-state index in [2.05, 4.69) is 21.7 Å². The zero-order chi connectivity index (χ0) is 18.4. The van der Waals surface area contributed by atoms with Crippen LogP contribution >= 0.6 is 23.1 Å². The van der Waals surface area contributed by atoms with Crippen LogP contribution in [0.25, 0.3) is 0 Å². The lowest BCUT2D eigenvalue weighted by atomic mass is 9.87. The summed E-state index contributed by atoms with van der Waals surface area (Å²) in [6.45, 7) is 0. The molecule has 2 aromatic rings. The number of nitrogens with zero attached hydrogens (tertiary/aromatic N) is 2. The Morgan fingerprint density at radius 1 is 1.50 bits per heavy atom. The molecule has 134 valence electrons. The number of nitrogens with one attached hydrogen (secondary N) is 2. The van der Waals surface area contributed by atoms with Gasteiger partial charge in [-0.2, -0.15) is 5.26 Å². The molecule has 0 saturated heterocycles. The normalized spacial score (nSPS) is 19.5. The van der Waals surface area contributed by atoms with Gasteiger partial charge < -0.3 is 15.4 Å². The van der Waals surface area contributed by atoms with E-state index in [0.29, 0.717) is 22.2 Å². The Morgan fingerprint density at radius 3 is 2.96 bits per heavy atom. The Balaban J connectivity index is 1.76. The second kappa shape index (κ2) is 8.85. The molecule has 0 spiro atoms. The molecule has 1 aromatic carbocycles. The van der Waals surface area contributed by atoms with E-state index >= 15 is 0 Å². The molecular weight excluding hydrogens is 368 g/mol. The molecule has 3 rings (SSSR count). The number of nitriles is 1. The zero-order valence-corrected chi connectivity index (χ0v) is 15.8. The topological polar surface area (TPSA) is 87.0 Å². The second-order valence-electron chi connectivity index (χ2n) is 5.60. The number of aromatic nitrogens is 1. The van der Waals surface area contributed by atoms with Gasteiger partial charge >= 0.3 is 0 Å². The molecule has 8 heteroatoms. The molecule has 1 aliphatic rings. The Kier molecular flexibility index (Phi) is 6.28. The van der Waals surface area contributed by atoms with Crippen molar-refractivity contribution in [1.82, 2.24) is 10.3 Å². The van der Waals surface area contributed by atoms with Crippen LogP contribution in [0.4, 0.5) is 5.13 Å². The first-order valence-electron chi connectivity index (χ1n) is 8.02. The third kappa shape index (κ3) is 4.43. The Hall–Kier alpha value is -2.34. The minimum atomic E-state index is -0.207. The number of thiazole rings is 1. The Labute approximate surface area is 160 Å². The number of methoxy groups -OCH3 is 1. The smallest absolute Gasteiger partial charge is 0.236 e. The van der Waals surface area contributed by atoms with Gasteiger partial charge in [0.2, 0.25) is 5.91 Å². The van der Waals surface area contributed by atoms with Crippen molar-refractivity contribution in [1.29, 1.82) is 5.26 Å². The van der Waals surface area contributed by atoms with Crippen LogP contribution in [0.15, 0.2) is 52.5 Å². The van der Waals surface area contributed by atoms with Crippen LogP contribution in [0.5, 0.6) is 0 Å². The molecule has 2 unspecified atom stereocenters. The number of ether oxygens (including phenoxy) is 1. The maximum absolute atomic E-state index is 12.1. The fourth-order valence-electron chi connectivity index (χ4n) is 2.74. The van der Waals surface area contributed by atoms with Crippen LogP contribution < -0.4 is 10.6 Å². The summed E-state index contributed by atoms with van der Waals surface area (Å²) in [5.41, 5.74) is 1.70. The number of benzene rings is 1. The molecule has 0 radical (unpaired) electrons. The quantitative estimate of drug-likeness (QED) is 0.792. The van der Waals surface area contributed by atoms with E-state index in [1.54, 1.807) is 18.7 Å². The number of amides is 1. The number of hydrogen-bond donors (Lipinski definition) is 2. The van der Waals surface area contributed by atoms with Crippen LogP contribution in [0, 0.1) is 11.3 Å². The zero-order valence-electron chi connectivity index (χ0n) is 14.1. The Morgan fingerprint density at radius 2 is 2.31 bits per heavy atom. The third-order valence-electron chi connectivity index (χ3n) is 3.97. The number of carbonyl (C=O) groups is 1. The molecule has 0 aliphatic carbocycles. The van der Waals surface area contributed by atoms with E-state index in [9.17, 15) is 10.1 Å². The highest BCUT2D eigenvalue weighted by molar-refractivity contribution is 8.03. The summed E-state index contributed by atoms with van der Waals surface area (Å²) < 4.78 is 5.48. The lowest BCUT2D eigenvalue weighted by Crippen LogP contribution is -2.37. The fourth-order valence-corrected chi connectivity index (χ4v) is 4.19. The number of allylic oxidation sites excluding steroid dienone is 1. The van der Waals surface area contributed by atoms with Gasteiger partial charge in [-0.15, -0.1) is 11.3 Å². The van der Waals surface area contributed by atoms with E-state index in [1.165, 1.54) is 23.1 Å². The van der Waals surface area contributed by atoms with E-state index in [0.717, 1.165) is 5.56 Å². The van der Waals surface area contributed by atoms with Gasteiger partial charge in [-0.3, -0.25) is 4.79 Å². The summed E-state index contributed by atoms with van der Waals surface area (Å²) >= 11 is 2.68. The molecule has 0 fully saturated rings. The van der Waals surface area contributed by atoms with E-state index in [4.69, 9.17) is 4.74 Å². The molecule has 0 saturated carbocycles. The van der Waals surface area contributed by atoms with E-state index < -0.39 is 0 Å². The first-order valence-corrected chi connectivity index (χ1v) is 9.88. The number of hydrogen-bond acceptors (Lipinski definition) is 7. The lowest BCUT2D eigenvalue weighted by molar-refractivity contribution is -0.113. The predicted molar refractivity (Wildman–Crippen MR) is 104 cm³/mol. The summed E-state index contributed by atoms with van der Waals surface area (Å²) in [5.74, 6) is -0.0327. The monoisotopic (exact) mass is 386 g/mol. The largest absolute Gasteiger partial charge is 0.362 e. The van der Waals surface area contributed by atoms with Crippen LogP contribution in [0.1, 0.15) is 17.9 Å². The second-order valence-corrected chi connectivity index (χ2v) is 7.48. The van der Waals surface area contributed by atoms with Crippen LogP contribution in [-0.4, -0.2) is 30.0 Å².